The van der Waals surface area contributed by atoms with Gasteiger partial charge in [0.05, 0.1) is 12.0 Å². The quantitative estimate of drug-likeness (QED) is 0.653. The molecule has 2 aromatic rings. The predicted molar refractivity (Wildman–Crippen MR) is 85.0 cm³/mol. The van der Waals surface area contributed by atoms with Crippen LogP contribution in [-0.4, -0.2) is 24.5 Å². The monoisotopic (exact) mass is 316 g/mol. The van der Waals surface area contributed by atoms with Crippen molar-refractivity contribution in [1.82, 2.24) is 0 Å². The number of nitrogens with one attached hydrogen (secondary N) is 1. The third-order valence-corrected chi connectivity index (χ3v) is 3.08. The molecule has 2 aromatic carbocycles. The van der Waals surface area contributed by atoms with Gasteiger partial charge in [-0.05, 0) is 30.7 Å². The molecule has 0 aliphatic carbocycles. The van der Waals surface area contributed by atoms with E-state index in [1.165, 1.54) is 18.2 Å². The molecule has 0 bridgehead atoms. The molecule has 0 radical (unpaired) electrons. The van der Waals surface area contributed by atoms with E-state index in [4.69, 9.17) is 9.47 Å². The van der Waals surface area contributed by atoms with Crippen molar-refractivity contribution in [3.05, 3.63) is 58.1 Å². The lowest BCUT2D eigenvalue weighted by Gasteiger charge is -2.10. The van der Waals surface area contributed by atoms with Gasteiger partial charge < -0.3 is 14.8 Å². The summed E-state index contributed by atoms with van der Waals surface area (Å²) in [5, 5.41) is 13.4. The summed E-state index contributed by atoms with van der Waals surface area (Å²) in [5.41, 5.74) is 1.17. The molecular weight excluding hydrogens is 300 g/mol. The molecular formula is C16H16N2O5. The highest BCUT2D eigenvalue weighted by Gasteiger charge is 2.10. The highest BCUT2D eigenvalue weighted by molar-refractivity contribution is 5.92. The summed E-state index contributed by atoms with van der Waals surface area (Å²) in [6, 6.07) is 11.2. The number of amides is 1. The Morgan fingerprint density at radius 1 is 1.26 bits per heavy atom. The van der Waals surface area contributed by atoms with Crippen molar-refractivity contribution in [2.45, 2.75) is 6.92 Å². The number of methoxy groups -OCH3 is 1. The maximum absolute atomic E-state index is 11.9. The van der Waals surface area contributed by atoms with E-state index in [1.807, 2.05) is 0 Å². The largest absolute Gasteiger partial charge is 0.497 e. The Kier molecular flexibility index (Phi) is 5.14. The van der Waals surface area contributed by atoms with Crippen LogP contribution in [0.3, 0.4) is 0 Å². The first-order valence-corrected chi connectivity index (χ1v) is 6.81. The van der Waals surface area contributed by atoms with Gasteiger partial charge in [0.15, 0.2) is 6.61 Å². The number of carbonyl (C=O) groups excluding carboxylic acids is 1. The third kappa shape index (κ3) is 4.44. The number of ether oxygens (including phenoxy) is 2. The second-order valence-corrected chi connectivity index (χ2v) is 4.78. The van der Waals surface area contributed by atoms with Gasteiger partial charge in [-0.15, -0.1) is 0 Å². The van der Waals surface area contributed by atoms with Gasteiger partial charge in [0.2, 0.25) is 0 Å². The van der Waals surface area contributed by atoms with Gasteiger partial charge in [0.1, 0.15) is 11.5 Å². The molecule has 0 aliphatic heterocycles. The van der Waals surface area contributed by atoms with Crippen LogP contribution in [0.25, 0.3) is 0 Å². The first-order chi connectivity index (χ1) is 11.0. The van der Waals surface area contributed by atoms with Gasteiger partial charge >= 0.3 is 0 Å². The van der Waals surface area contributed by atoms with Crippen molar-refractivity contribution in [3.63, 3.8) is 0 Å². The van der Waals surface area contributed by atoms with Crippen LogP contribution in [0, 0.1) is 17.0 Å². The Labute approximate surface area is 133 Å². The molecule has 0 spiro atoms. The lowest BCUT2D eigenvalue weighted by Crippen LogP contribution is -2.20. The number of nitrogens with zero attached hydrogens (tertiary/aromatic N) is 1. The van der Waals surface area contributed by atoms with E-state index in [1.54, 1.807) is 38.3 Å². The molecule has 1 N–H and O–H groups in total. The van der Waals surface area contributed by atoms with Gasteiger partial charge in [0, 0.05) is 23.9 Å². The maximum atomic E-state index is 11.9. The molecule has 0 unspecified atom stereocenters. The van der Waals surface area contributed by atoms with E-state index in [-0.39, 0.29) is 18.2 Å². The number of rotatable bonds is 6. The van der Waals surface area contributed by atoms with Crippen LogP contribution in [0.2, 0.25) is 0 Å². The molecule has 120 valence electrons. The first-order valence-electron chi connectivity index (χ1n) is 6.81. The van der Waals surface area contributed by atoms with E-state index in [0.29, 0.717) is 22.7 Å². The van der Waals surface area contributed by atoms with Crippen molar-refractivity contribution < 1.29 is 19.2 Å². The van der Waals surface area contributed by atoms with Crippen LogP contribution in [-0.2, 0) is 4.79 Å². The molecule has 0 saturated heterocycles. The third-order valence-electron chi connectivity index (χ3n) is 3.08. The number of hydrogen-bond donors (Lipinski definition) is 1. The second kappa shape index (κ2) is 7.26. The molecule has 23 heavy (non-hydrogen) atoms. The van der Waals surface area contributed by atoms with Gasteiger partial charge in [-0.2, -0.15) is 0 Å². The van der Waals surface area contributed by atoms with E-state index >= 15 is 0 Å². The minimum Gasteiger partial charge on any atom is -0.497 e. The van der Waals surface area contributed by atoms with Crippen molar-refractivity contribution in [2.75, 3.05) is 19.0 Å². The summed E-state index contributed by atoms with van der Waals surface area (Å²) >= 11 is 0. The fourth-order valence-corrected chi connectivity index (χ4v) is 1.95. The summed E-state index contributed by atoms with van der Waals surface area (Å²) < 4.78 is 10.5. The van der Waals surface area contributed by atoms with Crippen molar-refractivity contribution in [1.29, 1.82) is 0 Å². The Hall–Kier alpha value is -3.09. The van der Waals surface area contributed by atoms with E-state index in [9.17, 15) is 14.9 Å². The van der Waals surface area contributed by atoms with E-state index in [0.717, 1.165) is 0 Å². The average molecular weight is 316 g/mol. The Balaban J connectivity index is 1.95. The molecule has 0 heterocycles. The lowest BCUT2D eigenvalue weighted by molar-refractivity contribution is -0.384. The molecule has 0 aliphatic rings. The van der Waals surface area contributed by atoms with Crippen LogP contribution >= 0.6 is 0 Å². The van der Waals surface area contributed by atoms with Crippen molar-refractivity contribution in [3.8, 4) is 11.5 Å². The van der Waals surface area contributed by atoms with Crippen LogP contribution < -0.4 is 14.8 Å². The Morgan fingerprint density at radius 3 is 2.70 bits per heavy atom. The Bertz CT molecular complexity index is 730. The molecule has 0 atom stereocenters. The number of nitro groups is 1. The molecule has 0 aromatic heterocycles. The summed E-state index contributed by atoms with van der Waals surface area (Å²) in [4.78, 5) is 22.1. The maximum Gasteiger partial charge on any atom is 0.269 e. The van der Waals surface area contributed by atoms with Crippen molar-refractivity contribution in [2.24, 2.45) is 0 Å². The molecule has 7 nitrogen and oxygen atoms in total. The highest BCUT2D eigenvalue weighted by Crippen LogP contribution is 2.23. The second-order valence-electron chi connectivity index (χ2n) is 4.78. The zero-order chi connectivity index (χ0) is 16.8. The predicted octanol–water partition coefficient (Wildman–Crippen LogP) is 2.93. The molecule has 7 heteroatoms. The summed E-state index contributed by atoms with van der Waals surface area (Å²) in [5.74, 6) is 0.724. The number of carbonyl (C=O) groups is 1. The average Bonchev–Trinajstić information content (AvgIpc) is 2.53. The fourth-order valence-electron chi connectivity index (χ4n) is 1.95. The van der Waals surface area contributed by atoms with Gasteiger partial charge in [0.25, 0.3) is 11.6 Å². The van der Waals surface area contributed by atoms with Crippen LogP contribution in [0.4, 0.5) is 11.4 Å². The standard InChI is InChI=1S/C16H16N2O5/c1-11-8-13(18(20)21)6-7-15(11)23-10-16(19)17-12-4-3-5-14(9-12)22-2/h3-9H,10H2,1-2H3,(H,17,19). The number of non-ortho nitro benzene ring substituents is 1. The smallest absolute Gasteiger partial charge is 0.269 e. The zero-order valence-electron chi connectivity index (χ0n) is 12.7. The van der Waals surface area contributed by atoms with Gasteiger partial charge in [-0.3, -0.25) is 14.9 Å². The molecule has 2 rings (SSSR count). The molecule has 0 fully saturated rings. The number of hydrogen-bond acceptors (Lipinski definition) is 5. The summed E-state index contributed by atoms with van der Waals surface area (Å²) in [6.07, 6.45) is 0. The minimum atomic E-state index is -0.480. The minimum absolute atomic E-state index is 0.0179. The number of anilines is 1. The normalized spacial score (nSPS) is 10.0. The number of benzene rings is 2. The lowest BCUT2D eigenvalue weighted by atomic mass is 10.2. The highest BCUT2D eigenvalue weighted by atomic mass is 16.6. The van der Waals surface area contributed by atoms with Gasteiger partial charge in [-0.1, -0.05) is 6.07 Å². The van der Waals surface area contributed by atoms with E-state index in [2.05, 4.69) is 5.32 Å². The van der Waals surface area contributed by atoms with Crippen LogP contribution in [0.1, 0.15) is 5.56 Å². The fraction of sp³-hybridized carbons (Fsp3) is 0.188. The number of aryl methyl sites for hydroxylation is 1. The SMILES string of the molecule is COc1cccc(NC(=O)COc2ccc([N+](=O)[O-])cc2C)c1. The topological polar surface area (TPSA) is 90.7 Å². The summed E-state index contributed by atoms with van der Waals surface area (Å²) in [7, 11) is 1.54. The number of nitro benzene ring substituents is 1. The van der Waals surface area contributed by atoms with E-state index < -0.39 is 4.92 Å². The zero-order valence-corrected chi connectivity index (χ0v) is 12.7. The van der Waals surface area contributed by atoms with Crippen molar-refractivity contribution >= 4 is 17.3 Å². The summed E-state index contributed by atoms with van der Waals surface area (Å²) in [6.45, 7) is 1.48. The van der Waals surface area contributed by atoms with Crippen LogP contribution in [0.5, 0.6) is 11.5 Å². The molecule has 1 amide bonds. The first kappa shape index (κ1) is 16.3. The Morgan fingerprint density at radius 2 is 2.04 bits per heavy atom. The van der Waals surface area contributed by atoms with Crippen LogP contribution in [0.15, 0.2) is 42.5 Å². The van der Waals surface area contributed by atoms with Gasteiger partial charge in [-0.25, -0.2) is 0 Å². The molecule has 0 saturated carbocycles.